The van der Waals surface area contributed by atoms with E-state index in [1.54, 1.807) is 24.0 Å². The molecule has 4 aromatic rings. The molecule has 0 unspecified atom stereocenters. The fourth-order valence-corrected chi connectivity index (χ4v) is 4.77. The van der Waals surface area contributed by atoms with Crippen LogP contribution in [0.3, 0.4) is 0 Å². The Kier molecular flexibility index (Phi) is 4.71. The van der Waals surface area contributed by atoms with Gasteiger partial charge >= 0.3 is 0 Å². The van der Waals surface area contributed by atoms with Crippen molar-refractivity contribution in [2.24, 2.45) is 7.05 Å². The molecular weight excluding hydrogens is 403 g/mol. The summed E-state index contributed by atoms with van der Waals surface area (Å²) in [6.07, 6.45) is 3.88. The summed E-state index contributed by atoms with van der Waals surface area (Å²) in [6.45, 7) is 2.14. The first-order chi connectivity index (χ1) is 14.5. The molecule has 3 aromatic heterocycles. The summed E-state index contributed by atoms with van der Waals surface area (Å²) in [6, 6.07) is 6.93. The summed E-state index contributed by atoms with van der Waals surface area (Å²) >= 11 is 1.26. The third-order valence-corrected chi connectivity index (χ3v) is 6.51. The first-order valence-electron chi connectivity index (χ1n) is 9.86. The second-order valence-corrected chi connectivity index (χ2v) is 8.79. The second-order valence-electron chi connectivity index (χ2n) is 7.81. The molecule has 1 saturated heterocycles. The third kappa shape index (κ3) is 3.54. The molecule has 0 saturated carbocycles. The number of amides is 1. The fourth-order valence-electron chi connectivity index (χ4n) is 3.93. The van der Waals surface area contributed by atoms with Gasteiger partial charge in [-0.15, -0.1) is 0 Å². The number of piperidine rings is 1. The lowest BCUT2D eigenvalue weighted by molar-refractivity contribution is 0.102. The number of carbonyl (C=O) groups is 1. The highest BCUT2D eigenvalue weighted by Crippen LogP contribution is 2.29. The monoisotopic (exact) mass is 424 g/mol. The van der Waals surface area contributed by atoms with Gasteiger partial charge in [0.2, 0.25) is 0 Å². The minimum absolute atomic E-state index is 0.279. The van der Waals surface area contributed by atoms with E-state index in [9.17, 15) is 9.18 Å². The Labute approximate surface area is 176 Å². The summed E-state index contributed by atoms with van der Waals surface area (Å²) in [7, 11) is 3.87. The minimum Gasteiger partial charge on any atom is -0.320 e. The predicted octanol–water partition coefficient (Wildman–Crippen LogP) is 3.78. The Morgan fingerprint density at radius 2 is 2.00 bits per heavy atom. The van der Waals surface area contributed by atoms with Crippen molar-refractivity contribution in [1.29, 1.82) is 0 Å². The molecule has 154 valence electrons. The average Bonchev–Trinajstić information content (AvgIpc) is 3.31. The SMILES string of the molecule is CN1CCC(c2ccc3nc(C(=O)Nc4cc(F)c5nn(C)cc5c4)sc3n2)CC1. The van der Waals surface area contributed by atoms with E-state index in [4.69, 9.17) is 4.98 Å². The van der Waals surface area contributed by atoms with Crippen molar-refractivity contribution in [3.63, 3.8) is 0 Å². The molecule has 0 aliphatic carbocycles. The normalized spacial score (nSPS) is 15.8. The van der Waals surface area contributed by atoms with E-state index in [0.29, 0.717) is 27.5 Å². The van der Waals surface area contributed by atoms with Gasteiger partial charge in [0.15, 0.2) is 10.8 Å². The number of hydrogen-bond donors (Lipinski definition) is 1. The molecule has 1 N–H and O–H groups in total. The van der Waals surface area contributed by atoms with Gasteiger partial charge in [-0.05, 0) is 57.2 Å². The van der Waals surface area contributed by atoms with Gasteiger partial charge in [0.05, 0.1) is 0 Å². The minimum atomic E-state index is -0.475. The largest absolute Gasteiger partial charge is 0.320 e. The first kappa shape index (κ1) is 19.1. The van der Waals surface area contributed by atoms with E-state index >= 15 is 0 Å². The second kappa shape index (κ2) is 7.41. The molecule has 4 heterocycles. The zero-order chi connectivity index (χ0) is 20.8. The molecule has 30 heavy (non-hydrogen) atoms. The van der Waals surface area contributed by atoms with Crippen LogP contribution in [0.4, 0.5) is 10.1 Å². The summed E-state index contributed by atoms with van der Waals surface area (Å²) in [5.41, 5.74) is 2.42. The van der Waals surface area contributed by atoms with Crippen LogP contribution in [0.15, 0.2) is 30.5 Å². The molecule has 0 radical (unpaired) electrons. The Bertz CT molecular complexity index is 1260. The number of pyridine rings is 1. The predicted molar refractivity (Wildman–Crippen MR) is 116 cm³/mol. The first-order valence-corrected chi connectivity index (χ1v) is 10.7. The molecule has 1 amide bonds. The maximum atomic E-state index is 14.3. The number of halogens is 1. The zero-order valence-corrected chi connectivity index (χ0v) is 17.5. The number of rotatable bonds is 3. The van der Waals surface area contributed by atoms with Crippen LogP contribution in [0, 0.1) is 5.82 Å². The average molecular weight is 425 g/mol. The molecule has 9 heteroatoms. The lowest BCUT2D eigenvalue weighted by Crippen LogP contribution is -2.29. The van der Waals surface area contributed by atoms with E-state index in [0.717, 1.165) is 36.5 Å². The van der Waals surface area contributed by atoms with Gasteiger partial charge in [-0.1, -0.05) is 11.3 Å². The van der Waals surface area contributed by atoms with Crippen molar-refractivity contribution >= 4 is 44.2 Å². The van der Waals surface area contributed by atoms with Crippen LogP contribution in [0.1, 0.15) is 34.3 Å². The smallest absolute Gasteiger partial charge is 0.284 e. The lowest BCUT2D eigenvalue weighted by Gasteiger charge is -2.28. The molecule has 0 atom stereocenters. The molecule has 1 aliphatic heterocycles. The molecule has 1 fully saturated rings. The highest BCUT2D eigenvalue weighted by atomic mass is 32.1. The van der Waals surface area contributed by atoms with Crippen molar-refractivity contribution in [1.82, 2.24) is 24.6 Å². The van der Waals surface area contributed by atoms with Crippen molar-refractivity contribution in [2.75, 3.05) is 25.5 Å². The van der Waals surface area contributed by atoms with E-state index in [1.165, 1.54) is 17.4 Å². The van der Waals surface area contributed by atoms with E-state index < -0.39 is 5.82 Å². The summed E-state index contributed by atoms with van der Waals surface area (Å²) < 4.78 is 15.8. The van der Waals surface area contributed by atoms with Crippen LogP contribution in [0.2, 0.25) is 0 Å². The number of nitrogens with zero attached hydrogens (tertiary/aromatic N) is 5. The van der Waals surface area contributed by atoms with Gasteiger partial charge in [0.25, 0.3) is 5.91 Å². The number of likely N-dealkylation sites (tertiary alicyclic amines) is 1. The van der Waals surface area contributed by atoms with Crippen LogP contribution in [-0.2, 0) is 7.05 Å². The molecule has 1 aromatic carbocycles. The number of benzene rings is 1. The van der Waals surface area contributed by atoms with Crippen molar-refractivity contribution < 1.29 is 9.18 Å². The van der Waals surface area contributed by atoms with Gasteiger partial charge in [-0.3, -0.25) is 9.48 Å². The van der Waals surface area contributed by atoms with Crippen LogP contribution in [0.5, 0.6) is 0 Å². The molecule has 1 aliphatic rings. The van der Waals surface area contributed by atoms with Gasteiger partial charge in [-0.25, -0.2) is 14.4 Å². The van der Waals surface area contributed by atoms with Gasteiger partial charge in [0, 0.05) is 35.9 Å². The zero-order valence-electron chi connectivity index (χ0n) is 16.7. The standard InChI is InChI=1S/C21H21FN6OS/c1-27-7-5-12(6-8-27)16-3-4-17-20(24-16)30-21(25-17)19(29)23-14-9-13-11-28(2)26-18(13)15(22)10-14/h3-4,9-12H,5-8H2,1-2H3,(H,23,29). The molecule has 0 spiro atoms. The van der Waals surface area contributed by atoms with Gasteiger partial charge < -0.3 is 10.2 Å². The fraction of sp³-hybridized carbons (Fsp3) is 0.333. The Hall–Kier alpha value is -2.91. The Balaban J connectivity index is 1.38. The molecule has 5 rings (SSSR count). The van der Waals surface area contributed by atoms with Gasteiger partial charge in [0.1, 0.15) is 15.9 Å². The van der Waals surface area contributed by atoms with Crippen molar-refractivity contribution in [2.45, 2.75) is 18.8 Å². The summed E-state index contributed by atoms with van der Waals surface area (Å²) in [5, 5.41) is 7.76. The van der Waals surface area contributed by atoms with Crippen LogP contribution in [0.25, 0.3) is 21.3 Å². The van der Waals surface area contributed by atoms with Gasteiger partial charge in [-0.2, -0.15) is 5.10 Å². The number of carbonyl (C=O) groups excluding carboxylic acids is 1. The molecule has 0 bridgehead atoms. The quantitative estimate of drug-likeness (QED) is 0.542. The highest BCUT2D eigenvalue weighted by Gasteiger charge is 2.21. The van der Waals surface area contributed by atoms with E-state index in [-0.39, 0.29) is 11.4 Å². The lowest BCUT2D eigenvalue weighted by atomic mass is 9.93. The van der Waals surface area contributed by atoms with Crippen molar-refractivity contribution in [3.8, 4) is 0 Å². The van der Waals surface area contributed by atoms with E-state index in [1.807, 2.05) is 12.1 Å². The number of aryl methyl sites for hydroxylation is 1. The van der Waals surface area contributed by atoms with Crippen molar-refractivity contribution in [3.05, 3.63) is 47.0 Å². The number of fused-ring (bicyclic) bond motifs is 2. The summed E-state index contributed by atoms with van der Waals surface area (Å²) in [4.78, 5) is 25.0. The molecular formula is C21H21FN6OS. The number of thiazole rings is 1. The van der Waals surface area contributed by atoms with Crippen LogP contribution >= 0.6 is 11.3 Å². The number of aromatic nitrogens is 4. The van der Waals surface area contributed by atoms with E-state index in [2.05, 4.69) is 27.3 Å². The maximum absolute atomic E-state index is 14.3. The number of nitrogens with one attached hydrogen (secondary N) is 1. The topological polar surface area (TPSA) is 75.9 Å². The maximum Gasteiger partial charge on any atom is 0.284 e. The molecule has 7 nitrogen and oxygen atoms in total. The summed E-state index contributed by atoms with van der Waals surface area (Å²) in [5.74, 6) is -0.405. The Morgan fingerprint density at radius 3 is 2.80 bits per heavy atom. The highest BCUT2D eigenvalue weighted by molar-refractivity contribution is 7.20. The van der Waals surface area contributed by atoms with Crippen LogP contribution in [-0.4, -0.2) is 50.7 Å². The number of hydrogen-bond acceptors (Lipinski definition) is 6. The number of anilines is 1. The third-order valence-electron chi connectivity index (χ3n) is 5.54. The Morgan fingerprint density at radius 1 is 1.20 bits per heavy atom. The van der Waals surface area contributed by atoms with Crippen LogP contribution < -0.4 is 5.32 Å².